The zero-order valence-corrected chi connectivity index (χ0v) is 16.7. The van der Waals surface area contributed by atoms with Crippen molar-refractivity contribution < 1.29 is 17.9 Å². The van der Waals surface area contributed by atoms with E-state index >= 15 is 0 Å². The van der Waals surface area contributed by atoms with Crippen LogP contribution >= 0.6 is 0 Å². The molecular weight excluding hydrogens is 352 g/mol. The van der Waals surface area contributed by atoms with Crippen molar-refractivity contribution in [3.8, 4) is 5.75 Å². The maximum atomic E-state index is 13.5. The van der Waals surface area contributed by atoms with Gasteiger partial charge in [-0.15, -0.1) is 0 Å². The van der Waals surface area contributed by atoms with Crippen LogP contribution in [0.3, 0.4) is 0 Å². The summed E-state index contributed by atoms with van der Waals surface area (Å²) in [5.41, 5.74) is 1.03. The molecule has 0 aliphatic carbocycles. The van der Waals surface area contributed by atoms with Crippen LogP contribution < -0.4 is 4.74 Å². The zero-order chi connectivity index (χ0) is 18.7. The molecule has 26 heavy (non-hydrogen) atoms. The molecule has 0 saturated carbocycles. The Morgan fingerprint density at radius 3 is 2.31 bits per heavy atom. The highest BCUT2D eigenvalue weighted by atomic mass is 32.2. The maximum absolute atomic E-state index is 13.5. The Morgan fingerprint density at radius 2 is 1.69 bits per heavy atom. The summed E-state index contributed by atoms with van der Waals surface area (Å²) in [6.07, 6.45) is 3.69. The molecule has 0 bridgehead atoms. The van der Waals surface area contributed by atoms with E-state index in [4.69, 9.17) is 9.47 Å². The van der Waals surface area contributed by atoms with Crippen LogP contribution in [0.5, 0.6) is 5.75 Å². The van der Waals surface area contributed by atoms with Crippen molar-refractivity contribution in [2.75, 3.05) is 26.7 Å². The molecule has 0 spiro atoms. The molecule has 2 saturated heterocycles. The van der Waals surface area contributed by atoms with E-state index in [1.807, 2.05) is 38.1 Å². The molecule has 1 aromatic rings. The van der Waals surface area contributed by atoms with E-state index in [-0.39, 0.29) is 18.2 Å². The van der Waals surface area contributed by atoms with E-state index in [2.05, 4.69) is 0 Å². The summed E-state index contributed by atoms with van der Waals surface area (Å²) in [6, 6.07) is 7.67. The first-order chi connectivity index (χ1) is 12.4. The molecular formula is C19H30N2O4S. The number of methoxy groups -OCH3 is 1. The predicted octanol–water partition coefficient (Wildman–Crippen LogP) is 2.97. The second kappa shape index (κ2) is 8.25. The van der Waals surface area contributed by atoms with Gasteiger partial charge in [0, 0.05) is 19.6 Å². The number of rotatable bonds is 4. The minimum Gasteiger partial charge on any atom is -0.497 e. The van der Waals surface area contributed by atoms with E-state index in [1.54, 1.807) is 15.7 Å². The standard InChI is InChI=1S/C19H30N2O4S/c1-15-13-20(14-16(2)25-15)26(22,23)21-12-6-4-5-7-19(21)17-8-10-18(24-3)11-9-17/h8-11,15-16,19H,4-7,12-14H2,1-3H3/t15-,16-,19+/m1/s1. The van der Waals surface area contributed by atoms with Gasteiger partial charge < -0.3 is 9.47 Å². The third-order valence-electron chi connectivity index (χ3n) is 5.21. The highest BCUT2D eigenvalue weighted by molar-refractivity contribution is 7.86. The first kappa shape index (κ1) is 19.6. The molecule has 1 aromatic carbocycles. The van der Waals surface area contributed by atoms with E-state index in [0.29, 0.717) is 19.6 Å². The van der Waals surface area contributed by atoms with Crippen LogP contribution in [-0.4, -0.2) is 56.0 Å². The number of ether oxygens (including phenoxy) is 2. The largest absolute Gasteiger partial charge is 0.497 e. The van der Waals surface area contributed by atoms with Gasteiger partial charge in [0.2, 0.25) is 0 Å². The van der Waals surface area contributed by atoms with Crippen LogP contribution in [0.15, 0.2) is 24.3 Å². The Kier molecular flexibility index (Phi) is 6.22. The molecule has 0 N–H and O–H groups in total. The third-order valence-corrected chi connectivity index (χ3v) is 7.19. The molecule has 0 radical (unpaired) electrons. The van der Waals surface area contributed by atoms with Crippen molar-refractivity contribution in [3.63, 3.8) is 0 Å². The van der Waals surface area contributed by atoms with Crippen LogP contribution in [0.1, 0.15) is 51.1 Å². The van der Waals surface area contributed by atoms with Gasteiger partial charge in [0.05, 0.1) is 25.4 Å². The Morgan fingerprint density at radius 1 is 1.04 bits per heavy atom. The Balaban J connectivity index is 1.89. The summed E-state index contributed by atoms with van der Waals surface area (Å²) in [7, 11) is -1.89. The van der Waals surface area contributed by atoms with Crippen LogP contribution in [-0.2, 0) is 14.9 Å². The Labute approximate surface area is 157 Å². The van der Waals surface area contributed by atoms with E-state index in [0.717, 1.165) is 37.0 Å². The van der Waals surface area contributed by atoms with Gasteiger partial charge in [0.15, 0.2) is 0 Å². The predicted molar refractivity (Wildman–Crippen MR) is 101 cm³/mol. The molecule has 0 unspecified atom stereocenters. The van der Waals surface area contributed by atoms with E-state index < -0.39 is 10.2 Å². The fraction of sp³-hybridized carbons (Fsp3) is 0.684. The summed E-state index contributed by atoms with van der Waals surface area (Å²) in [5.74, 6) is 0.785. The van der Waals surface area contributed by atoms with E-state index in [9.17, 15) is 8.42 Å². The minimum absolute atomic E-state index is 0.0834. The van der Waals surface area contributed by atoms with Gasteiger partial charge >= 0.3 is 0 Å². The fourth-order valence-electron chi connectivity index (χ4n) is 3.98. The number of hydrogen-bond donors (Lipinski definition) is 0. The monoisotopic (exact) mass is 382 g/mol. The quantitative estimate of drug-likeness (QED) is 0.803. The van der Waals surface area contributed by atoms with Crippen molar-refractivity contribution >= 4 is 10.2 Å². The molecule has 0 amide bonds. The normalized spacial score (nSPS) is 29.3. The van der Waals surface area contributed by atoms with Crippen molar-refractivity contribution in [1.29, 1.82) is 0 Å². The SMILES string of the molecule is COc1ccc([C@@H]2CCCCCN2S(=O)(=O)N2C[C@@H](C)O[C@H](C)C2)cc1. The van der Waals surface area contributed by atoms with Gasteiger partial charge in [-0.3, -0.25) is 0 Å². The van der Waals surface area contributed by atoms with Gasteiger partial charge in [0.1, 0.15) is 5.75 Å². The van der Waals surface area contributed by atoms with Gasteiger partial charge in [-0.05, 0) is 44.4 Å². The lowest BCUT2D eigenvalue weighted by molar-refractivity contribution is -0.0457. The fourth-order valence-corrected chi connectivity index (χ4v) is 5.99. The lowest BCUT2D eigenvalue weighted by Crippen LogP contribution is -2.53. The van der Waals surface area contributed by atoms with Gasteiger partial charge in [0.25, 0.3) is 10.2 Å². The highest BCUT2D eigenvalue weighted by Gasteiger charge is 2.39. The van der Waals surface area contributed by atoms with Crippen LogP contribution in [0, 0.1) is 0 Å². The summed E-state index contributed by atoms with van der Waals surface area (Å²) in [6.45, 7) is 5.26. The van der Waals surface area contributed by atoms with Crippen LogP contribution in [0.25, 0.3) is 0 Å². The van der Waals surface area contributed by atoms with E-state index in [1.165, 1.54) is 0 Å². The molecule has 6 nitrogen and oxygen atoms in total. The number of benzene rings is 1. The highest BCUT2D eigenvalue weighted by Crippen LogP contribution is 2.34. The second-order valence-electron chi connectivity index (χ2n) is 7.33. The first-order valence-corrected chi connectivity index (χ1v) is 10.9. The lowest BCUT2D eigenvalue weighted by atomic mass is 10.0. The number of morpholine rings is 1. The second-order valence-corrected chi connectivity index (χ2v) is 9.21. The number of nitrogens with zero attached hydrogens (tertiary/aromatic N) is 2. The summed E-state index contributed by atoms with van der Waals surface area (Å²) in [5, 5.41) is 0. The summed E-state index contributed by atoms with van der Waals surface area (Å²) >= 11 is 0. The molecule has 0 aromatic heterocycles. The molecule has 7 heteroatoms. The average Bonchev–Trinajstić information content (AvgIpc) is 2.87. The van der Waals surface area contributed by atoms with Crippen molar-refractivity contribution in [2.45, 2.75) is 57.8 Å². The first-order valence-electron chi connectivity index (χ1n) is 9.48. The van der Waals surface area contributed by atoms with Crippen LogP contribution in [0.4, 0.5) is 0 Å². The third kappa shape index (κ3) is 4.22. The molecule has 2 aliphatic rings. The molecule has 2 heterocycles. The van der Waals surface area contributed by atoms with Crippen LogP contribution in [0.2, 0.25) is 0 Å². The molecule has 146 valence electrons. The molecule has 3 rings (SSSR count). The van der Waals surface area contributed by atoms with Gasteiger partial charge in [-0.25, -0.2) is 0 Å². The van der Waals surface area contributed by atoms with Crippen molar-refractivity contribution in [2.24, 2.45) is 0 Å². The summed E-state index contributed by atoms with van der Waals surface area (Å²) < 4.78 is 41.2. The summed E-state index contributed by atoms with van der Waals surface area (Å²) in [4.78, 5) is 0. The van der Waals surface area contributed by atoms with Crippen molar-refractivity contribution in [1.82, 2.24) is 8.61 Å². The maximum Gasteiger partial charge on any atom is 0.282 e. The molecule has 2 aliphatic heterocycles. The number of hydrogen-bond acceptors (Lipinski definition) is 4. The topological polar surface area (TPSA) is 59.1 Å². The van der Waals surface area contributed by atoms with Gasteiger partial charge in [-0.1, -0.05) is 25.0 Å². The Hall–Kier alpha value is -1.15. The average molecular weight is 383 g/mol. The zero-order valence-electron chi connectivity index (χ0n) is 15.9. The Bertz CT molecular complexity index is 682. The minimum atomic E-state index is -3.53. The smallest absolute Gasteiger partial charge is 0.282 e. The van der Waals surface area contributed by atoms with Crippen molar-refractivity contribution in [3.05, 3.63) is 29.8 Å². The molecule has 3 atom stereocenters. The lowest BCUT2D eigenvalue weighted by Gasteiger charge is -2.39. The van der Waals surface area contributed by atoms with Gasteiger partial charge in [-0.2, -0.15) is 17.0 Å². The molecule has 2 fully saturated rings.